The van der Waals surface area contributed by atoms with E-state index in [0.717, 1.165) is 11.3 Å². The van der Waals surface area contributed by atoms with Gasteiger partial charge in [-0.15, -0.1) is 0 Å². The number of thioether (sulfide) groups is 1. The molecule has 0 unspecified atom stereocenters. The number of nitrogens with zero attached hydrogens (tertiary/aromatic N) is 2. The van der Waals surface area contributed by atoms with Gasteiger partial charge in [-0.1, -0.05) is 11.8 Å². The van der Waals surface area contributed by atoms with Crippen LogP contribution in [0, 0.1) is 25.2 Å². The predicted molar refractivity (Wildman–Crippen MR) is 97.3 cm³/mol. The number of methoxy groups -OCH3 is 2. The second-order valence-corrected chi connectivity index (χ2v) is 6.24. The molecule has 2 aromatic rings. The number of benzene rings is 1. The molecule has 2 rings (SSSR count). The summed E-state index contributed by atoms with van der Waals surface area (Å²) in [5.74, 6) is 1.07. The van der Waals surface area contributed by atoms with Crippen molar-refractivity contribution in [3.05, 3.63) is 41.1 Å². The van der Waals surface area contributed by atoms with E-state index in [4.69, 9.17) is 9.47 Å². The summed E-state index contributed by atoms with van der Waals surface area (Å²) < 4.78 is 10.4. The number of carbonyl (C=O) groups is 1. The number of pyridine rings is 1. The fraction of sp³-hybridized carbons (Fsp3) is 0.278. The predicted octanol–water partition coefficient (Wildman–Crippen LogP) is 3.32. The summed E-state index contributed by atoms with van der Waals surface area (Å²) in [5, 5.41) is 12.6. The SMILES string of the molecule is COc1ccc(OC)c(NC(=O)CSc2nc(C)cc(C)c2C#N)c1. The Morgan fingerprint density at radius 1 is 1.28 bits per heavy atom. The van der Waals surface area contributed by atoms with Crippen LogP contribution in [-0.4, -0.2) is 30.9 Å². The van der Waals surface area contributed by atoms with Crippen molar-refractivity contribution >= 4 is 23.4 Å². The highest BCUT2D eigenvalue weighted by atomic mass is 32.2. The van der Waals surface area contributed by atoms with E-state index in [2.05, 4.69) is 16.4 Å². The van der Waals surface area contributed by atoms with Crippen LogP contribution in [0.25, 0.3) is 0 Å². The first-order chi connectivity index (χ1) is 12.0. The summed E-state index contributed by atoms with van der Waals surface area (Å²) >= 11 is 1.23. The van der Waals surface area contributed by atoms with Crippen molar-refractivity contribution in [3.63, 3.8) is 0 Å². The minimum atomic E-state index is -0.221. The maximum Gasteiger partial charge on any atom is 0.234 e. The van der Waals surface area contributed by atoms with Gasteiger partial charge in [0.1, 0.15) is 22.6 Å². The van der Waals surface area contributed by atoms with E-state index in [0.29, 0.717) is 27.8 Å². The molecule has 1 N–H and O–H groups in total. The largest absolute Gasteiger partial charge is 0.497 e. The molecule has 1 aromatic carbocycles. The lowest BCUT2D eigenvalue weighted by atomic mass is 10.1. The normalized spacial score (nSPS) is 10.0. The first kappa shape index (κ1) is 18.6. The summed E-state index contributed by atoms with van der Waals surface area (Å²) in [5.41, 5.74) is 2.70. The van der Waals surface area contributed by atoms with Gasteiger partial charge in [0.05, 0.1) is 31.2 Å². The van der Waals surface area contributed by atoms with Gasteiger partial charge < -0.3 is 14.8 Å². The summed E-state index contributed by atoms with van der Waals surface area (Å²) in [4.78, 5) is 16.6. The van der Waals surface area contributed by atoms with E-state index in [1.54, 1.807) is 25.3 Å². The number of aryl methyl sites for hydroxylation is 2. The van der Waals surface area contributed by atoms with Crippen molar-refractivity contribution in [2.75, 3.05) is 25.3 Å². The number of hydrogen-bond donors (Lipinski definition) is 1. The van der Waals surface area contributed by atoms with E-state index >= 15 is 0 Å². The molecule has 0 saturated heterocycles. The molecule has 1 heterocycles. The van der Waals surface area contributed by atoms with E-state index in [1.807, 2.05) is 19.9 Å². The van der Waals surface area contributed by atoms with Crippen molar-refractivity contribution in [3.8, 4) is 17.6 Å². The summed E-state index contributed by atoms with van der Waals surface area (Å²) in [6.07, 6.45) is 0. The molecule has 0 atom stereocenters. The fourth-order valence-corrected chi connectivity index (χ4v) is 3.17. The second kappa shape index (κ2) is 8.40. The quantitative estimate of drug-likeness (QED) is 0.799. The van der Waals surface area contributed by atoms with Gasteiger partial charge in [-0.3, -0.25) is 4.79 Å². The van der Waals surface area contributed by atoms with Crippen LogP contribution in [0.5, 0.6) is 11.5 Å². The summed E-state index contributed by atoms with van der Waals surface area (Å²) in [7, 11) is 3.09. The van der Waals surface area contributed by atoms with Crippen LogP contribution >= 0.6 is 11.8 Å². The molecule has 130 valence electrons. The van der Waals surface area contributed by atoms with Crippen LogP contribution in [0.15, 0.2) is 29.3 Å². The van der Waals surface area contributed by atoms with E-state index in [9.17, 15) is 10.1 Å². The average Bonchev–Trinajstić information content (AvgIpc) is 2.59. The minimum absolute atomic E-state index is 0.130. The number of amides is 1. The Hall–Kier alpha value is -2.72. The molecule has 0 radical (unpaired) electrons. The van der Waals surface area contributed by atoms with E-state index in [-0.39, 0.29) is 11.7 Å². The Morgan fingerprint density at radius 3 is 2.68 bits per heavy atom. The molecule has 7 heteroatoms. The highest BCUT2D eigenvalue weighted by Crippen LogP contribution is 2.29. The molecule has 0 fully saturated rings. The molecule has 0 aliphatic rings. The zero-order chi connectivity index (χ0) is 18.4. The molecule has 0 spiro atoms. The molecular weight excluding hydrogens is 338 g/mol. The zero-order valence-electron chi connectivity index (χ0n) is 14.5. The molecule has 1 amide bonds. The van der Waals surface area contributed by atoms with Crippen LogP contribution < -0.4 is 14.8 Å². The number of nitriles is 1. The number of anilines is 1. The van der Waals surface area contributed by atoms with Crippen LogP contribution in [0.2, 0.25) is 0 Å². The van der Waals surface area contributed by atoms with E-state index in [1.165, 1.54) is 18.9 Å². The van der Waals surface area contributed by atoms with Gasteiger partial charge in [-0.2, -0.15) is 5.26 Å². The molecule has 0 bridgehead atoms. The van der Waals surface area contributed by atoms with Gasteiger partial charge in [0.2, 0.25) is 5.91 Å². The van der Waals surface area contributed by atoms with Crippen molar-refractivity contribution in [1.82, 2.24) is 4.98 Å². The van der Waals surface area contributed by atoms with Gasteiger partial charge in [-0.05, 0) is 37.6 Å². The smallest absolute Gasteiger partial charge is 0.234 e. The third kappa shape index (κ3) is 4.64. The van der Waals surface area contributed by atoms with Crippen LogP contribution in [0.1, 0.15) is 16.8 Å². The number of rotatable bonds is 6. The highest BCUT2D eigenvalue weighted by Gasteiger charge is 2.13. The third-order valence-electron chi connectivity index (χ3n) is 3.44. The van der Waals surface area contributed by atoms with Crippen molar-refractivity contribution in [2.24, 2.45) is 0 Å². The number of hydrogen-bond acceptors (Lipinski definition) is 6. The maximum absolute atomic E-state index is 12.3. The van der Waals surface area contributed by atoms with Crippen molar-refractivity contribution in [2.45, 2.75) is 18.9 Å². The number of nitrogens with one attached hydrogen (secondary N) is 1. The lowest BCUT2D eigenvalue weighted by molar-refractivity contribution is -0.113. The first-order valence-electron chi connectivity index (χ1n) is 7.51. The van der Waals surface area contributed by atoms with Crippen LogP contribution in [0.4, 0.5) is 5.69 Å². The average molecular weight is 357 g/mol. The molecule has 25 heavy (non-hydrogen) atoms. The first-order valence-corrected chi connectivity index (χ1v) is 8.50. The van der Waals surface area contributed by atoms with E-state index < -0.39 is 0 Å². The second-order valence-electron chi connectivity index (χ2n) is 5.28. The zero-order valence-corrected chi connectivity index (χ0v) is 15.4. The molecule has 0 saturated carbocycles. The Morgan fingerprint density at radius 2 is 2.04 bits per heavy atom. The monoisotopic (exact) mass is 357 g/mol. The number of aromatic nitrogens is 1. The number of carbonyl (C=O) groups excluding carboxylic acids is 1. The van der Waals surface area contributed by atoms with Crippen LogP contribution in [-0.2, 0) is 4.79 Å². The Labute approximate surface area is 151 Å². The summed E-state index contributed by atoms with van der Waals surface area (Å²) in [6, 6.07) is 9.16. The van der Waals surface area contributed by atoms with Crippen molar-refractivity contribution < 1.29 is 14.3 Å². The topological polar surface area (TPSA) is 84.2 Å². The third-order valence-corrected chi connectivity index (χ3v) is 4.42. The summed E-state index contributed by atoms with van der Waals surface area (Å²) in [6.45, 7) is 3.72. The van der Waals surface area contributed by atoms with Gasteiger partial charge in [0, 0.05) is 11.8 Å². The molecule has 0 aliphatic heterocycles. The standard InChI is InChI=1S/C18H19N3O3S/c1-11-7-12(2)20-18(14(11)9-19)25-10-17(22)21-15-8-13(23-3)5-6-16(15)24-4/h5-8H,10H2,1-4H3,(H,21,22). The van der Waals surface area contributed by atoms with Gasteiger partial charge in [-0.25, -0.2) is 4.98 Å². The van der Waals surface area contributed by atoms with Gasteiger partial charge >= 0.3 is 0 Å². The Kier molecular flexibility index (Phi) is 6.25. The fourth-order valence-electron chi connectivity index (χ4n) is 2.27. The number of ether oxygens (including phenoxy) is 2. The lowest BCUT2D eigenvalue weighted by Crippen LogP contribution is -2.15. The van der Waals surface area contributed by atoms with Crippen LogP contribution in [0.3, 0.4) is 0 Å². The Balaban J connectivity index is 2.11. The Bertz CT molecular complexity index is 831. The van der Waals surface area contributed by atoms with Crippen molar-refractivity contribution in [1.29, 1.82) is 5.26 Å². The lowest BCUT2D eigenvalue weighted by Gasteiger charge is -2.12. The van der Waals surface area contributed by atoms with Gasteiger partial charge in [0.15, 0.2) is 0 Å². The molecular formula is C18H19N3O3S. The molecule has 6 nitrogen and oxygen atoms in total. The van der Waals surface area contributed by atoms with Gasteiger partial charge in [0.25, 0.3) is 0 Å². The maximum atomic E-state index is 12.3. The highest BCUT2D eigenvalue weighted by molar-refractivity contribution is 8.00. The molecule has 1 aromatic heterocycles. The molecule has 0 aliphatic carbocycles. The minimum Gasteiger partial charge on any atom is -0.497 e.